The predicted molar refractivity (Wildman–Crippen MR) is 103 cm³/mol. The van der Waals surface area contributed by atoms with Gasteiger partial charge >= 0.3 is 6.18 Å². The van der Waals surface area contributed by atoms with E-state index in [1.807, 2.05) is 0 Å². The molecule has 176 valence electrons. The van der Waals surface area contributed by atoms with Crippen molar-refractivity contribution in [3.63, 3.8) is 0 Å². The molecule has 2 aliphatic rings. The normalized spacial score (nSPS) is 27.0. The van der Waals surface area contributed by atoms with E-state index in [-0.39, 0.29) is 30.8 Å². The van der Waals surface area contributed by atoms with E-state index < -0.39 is 52.1 Å². The summed E-state index contributed by atoms with van der Waals surface area (Å²) in [5.74, 6) is -1.89. The molecule has 2 N–H and O–H groups in total. The number of ether oxygens (including phenoxy) is 1. The van der Waals surface area contributed by atoms with Gasteiger partial charge in [0.25, 0.3) is 10.0 Å². The van der Waals surface area contributed by atoms with E-state index in [1.165, 1.54) is 18.0 Å². The lowest BCUT2D eigenvalue weighted by molar-refractivity contribution is -0.269. The summed E-state index contributed by atoms with van der Waals surface area (Å²) in [7, 11) is -3.61. The van der Waals surface area contributed by atoms with Crippen LogP contribution in [0.4, 0.5) is 22.0 Å². The number of nitrogens with two attached hydrogens (primary N) is 1. The molecule has 0 radical (unpaired) electrons. The van der Waals surface area contributed by atoms with Crippen molar-refractivity contribution in [3.05, 3.63) is 52.9 Å². The summed E-state index contributed by atoms with van der Waals surface area (Å²) in [6.07, 6.45) is -7.46. The monoisotopic (exact) mass is 480 g/mol. The minimum atomic E-state index is -4.79. The van der Waals surface area contributed by atoms with Crippen LogP contribution in [-0.2, 0) is 27.8 Å². The number of hydrogen-bond donors (Lipinski definition) is 1. The minimum absolute atomic E-state index is 0.0200. The van der Waals surface area contributed by atoms with Crippen LogP contribution in [0.15, 0.2) is 24.4 Å². The molecule has 13 heteroatoms. The molecule has 32 heavy (non-hydrogen) atoms. The number of hydrogen-bond acceptors (Lipinski definition) is 6. The molecule has 4 rings (SSSR count). The van der Waals surface area contributed by atoms with Crippen LogP contribution in [0.1, 0.15) is 36.3 Å². The predicted octanol–water partition coefficient (Wildman–Crippen LogP) is 2.46. The lowest BCUT2D eigenvalue weighted by Gasteiger charge is -2.44. The maximum absolute atomic E-state index is 14.2. The number of nitrogens with zero attached hydrogens (tertiary/aromatic N) is 3. The molecule has 1 saturated heterocycles. The first-order valence-corrected chi connectivity index (χ1v) is 11.5. The first kappa shape index (κ1) is 23.1. The molecular formula is C19H21F5N4O3S. The summed E-state index contributed by atoms with van der Waals surface area (Å²) >= 11 is 0. The summed E-state index contributed by atoms with van der Waals surface area (Å²) in [4.78, 5) is 1.47. The summed E-state index contributed by atoms with van der Waals surface area (Å²) < 4.78 is 99.6. The second-order valence-corrected chi connectivity index (χ2v) is 10.0. The van der Waals surface area contributed by atoms with E-state index in [2.05, 4.69) is 5.10 Å². The van der Waals surface area contributed by atoms with Crippen LogP contribution in [0.25, 0.3) is 0 Å². The highest BCUT2D eigenvalue weighted by atomic mass is 32.2. The summed E-state index contributed by atoms with van der Waals surface area (Å²) in [5, 5.41) is 4.01. The van der Waals surface area contributed by atoms with Gasteiger partial charge in [0.1, 0.15) is 17.7 Å². The second-order valence-electron chi connectivity index (χ2n) is 7.93. The Morgan fingerprint density at radius 1 is 1.25 bits per heavy atom. The highest BCUT2D eigenvalue weighted by Gasteiger charge is 2.54. The van der Waals surface area contributed by atoms with Crippen LogP contribution in [0.3, 0.4) is 0 Å². The largest absolute Gasteiger partial charge is 0.416 e. The molecule has 1 aromatic heterocycles. The fraction of sp³-hybridized carbons (Fsp3) is 0.526. The number of alkyl halides is 3. The Hall–Kier alpha value is -2.09. The highest BCUT2D eigenvalue weighted by molar-refractivity contribution is 7.89. The summed E-state index contributed by atoms with van der Waals surface area (Å²) in [6, 6.07) is 0.233. The van der Waals surface area contributed by atoms with Crippen molar-refractivity contribution >= 4 is 10.0 Å². The Bertz CT molecular complexity index is 1100. The van der Waals surface area contributed by atoms with Crippen molar-refractivity contribution in [2.24, 2.45) is 5.73 Å². The van der Waals surface area contributed by atoms with Crippen LogP contribution in [0.2, 0.25) is 0 Å². The van der Waals surface area contributed by atoms with E-state index >= 15 is 0 Å². The zero-order valence-electron chi connectivity index (χ0n) is 16.9. The first-order valence-electron chi connectivity index (χ1n) is 9.88. The molecular weight excluding hydrogens is 459 g/mol. The number of benzene rings is 1. The van der Waals surface area contributed by atoms with Gasteiger partial charge in [0.2, 0.25) is 0 Å². The Kier molecular flexibility index (Phi) is 5.80. The van der Waals surface area contributed by atoms with Gasteiger partial charge in [0.05, 0.1) is 11.4 Å². The van der Waals surface area contributed by atoms with Gasteiger partial charge in [-0.15, -0.1) is 0 Å². The number of aromatic nitrogens is 2. The van der Waals surface area contributed by atoms with Crippen LogP contribution < -0.4 is 5.73 Å². The molecule has 1 aromatic carbocycles. The maximum atomic E-state index is 14.2. The van der Waals surface area contributed by atoms with Crippen molar-refractivity contribution in [3.8, 4) is 0 Å². The molecule has 2 aliphatic heterocycles. The van der Waals surface area contributed by atoms with Gasteiger partial charge in [-0.05, 0) is 31.5 Å². The Morgan fingerprint density at radius 3 is 2.59 bits per heavy atom. The highest BCUT2D eigenvalue weighted by Crippen LogP contribution is 2.42. The van der Waals surface area contributed by atoms with Gasteiger partial charge in [-0.25, -0.2) is 17.2 Å². The van der Waals surface area contributed by atoms with E-state index in [0.717, 1.165) is 22.3 Å². The Balaban J connectivity index is 1.59. The molecule has 0 spiro atoms. The minimum Gasteiger partial charge on any atom is -0.357 e. The topological polar surface area (TPSA) is 90.5 Å². The van der Waals surface area contributed by atoms with Gasteiger partial charge in [-0.2, -0.15) is 22.4 Å². The third-order valence-corrected chi connectivity index (χ3v) is 7.32. The van der Waals surface area contributed by atoms with Crippen molar-refractivity contribution in [2.45, 2.75) is 56.9 Å². The molecule has 7 nitrogen and oxygen atoms in total. The summed E-state index contributed by atoms with van der Waals surface area (Å²) in [5.41, 5.74) is 6.55. The van der Waals surface area contributed by atoms with E-state index in [4.69, 9.17) is 10.5 Å². The molecule has 2 aromatic rings. The van der Waals surface area contributed by atoms with Gasteiger partial charge in [-0.3, -0.25) is 4.90 Å². The van der Waals surface area contributed by atoms with E-state index in [0.29, 0.717) is 11.3 Å². The van der Waals surface area contributed by atoms with Crippen LogP contribution in [0.5, 0.6) is 0 Å². The van der Waals surface area contributed by atoms with Crippen molar-refractivity contribution < 1.29 is 35.1 Å². The maximum Gasteiger partial charge on any atom is 0.416 e. The quantitative estimate of drug-likeness (QED) is 0.677. The zero-order valence-corrected chi connectivity index (χ0v) is 17.7. The lowest BCUT2D eigenvalue weighted by atomic mass is 9.89. The fourth-order valence-electron chi connectivity index (χ4n) is 4.21. The van der Waals surface area contributed by atoms with Crippen molar-refractivity contribution in [1.29, 1.82) is 0 Å². The van der Waals surface area contributed by atoms with Gasteiger partial charge in [-0.1, -0.05) is 0 Å². The SMILES string of the molecule is CCS(=O)(=O)n1cc2c(n1)CN([C@@H]1C[C@H](N)[C@@H](c3cc(F)ccc3F)O[C@H]1C(F)(F)F)C2. The third kappa shape index (κ3) is 4.14. The number of halogens is 5. The first-order chi connectivity index (χ1) is 14.9. The van der Waals surface area contributed by atoms with Crippen LogP contribution in [0, 0.1) is 11.6 Å². The van der Waals surface area contributed by atoms with E-state index in [9.17, 15) is 30.4 Å². The average Bonchev–Trinajstić information content (AvgIpc) is 3.28. The summed E-state index contributed by atoms with van der Waals surface area (Å²) in [6.45, 7) is 1.47. The molecule has 3 heterocycles. The number of fused-ring (bicyclic) bond motifs is 1. The standard InChI is InChI=1S/C19H21F5N4O3S/c1-2-32(29,30)28-8-10-7-27(9-15(10)26-28)16-6-14(25)17(31-18(16)19(22,23)24)12-5-11(20)3-4-13(12)21/h3-5,8,14,16-18H,2,6-7,9,25H2,1H3/t14-,16+,17+,18+/m0/s1. The molecule has 0 bridgehead atoms. The van der Waals surface area contributed by atoms with Crippen molar-refractivity contribution in [2.75, 3.05) is 5.75 Å². The van der Waals surface area contributed by atoms with Gasteiger partial charge < -0.3 is 10.5 Å². The van der Waals surface area contributed by atoms with E-state index in [1.54, 1.807) is 0 Å². The lowest BCUT2D eigenvalue weighted by Crippen LogP contribution is -2.58. The molecule has 1 fully saturated rings. The zero-order chi connectivity index (χ0) is 23.4. The van der Waals surface area contributed by atoms with Gasteiger partial charge in [0.15, 0.2) is 6.10 Å². The molecule has 0 unspecified atom stereocenters. The third-order valence-electron chi connectivity index (χ3n) is 5.83. The fourth-order valence-corrected chi connectivity index (χ4v) is 4.98. The molecule has 0 amide bonds. The molecule has 0 aliphatic carbocycles. The second kappa shape index (κ2) is 8.04. The van der Waals surface area contributed by atoms with Crippen LogP contribution in [-0.4, -0.2) is 52.6 Å². The molecule has 0 saturated carbocycles. The molecule has 4 atom stereocenters. The van der Waals surface area contributed by atoms with Crippen LogP contribution >= 0.6 is 0 Å². The number of rotatable bonds is 4. The average molecular weight is 480 g/mol. The van der Waals surface area contributed by atoms with Gasteiger partial charge in [0, 0.05) is 42.5 Å². The van der Waals surface area contributed by atoms with Crippen molar-refractivity contribution in [1.82, 2.24) is 14.1 Å². The Labute approximate surface area is 181 Å². The smallest absolute Gasteiger partial charge is 0.357 e. The Morgan fingerprint density at radius 2 is 1.97 bits per heavy atom.